The standard InChI is InChI=1S/C16H18N2O3S/c19-14(20)9-5-2-6-10-17-15(21)13-11-18-16(22-13)12-7-3-1-4-8-12/h1,3-4,7-8,11H,2,5-6,9-10H2,(H,17,21)(H,19,20). The van der Waals surface area contributed by atoms with Gasteiger partial charge in [0.05, 0.1) is 6.20 Å². The molecule has 22 heavy (non-hydrogen) atoms. The van der Waals surface area contributed by atoms with Gasteiger partial charge in [0.1, 0.15) is 9.88 Å². The molecule has 0 fully saturated rings. The van der Waals surface area contributed by atoms with Crippen molar-refractivity contribution in [3.05, 3.63) is 41.4 Å². The fourth-order valence-corrected chi connectivity index (χ4v) is 2.80. The first kappa shape index (κ1) is 16.2. The van der Waals surface area contributed by atoms with E-state index in [9.17, 15) is 9.59 Å². The van der Waals surface area contributed by atoms with E-state index in [1.807, 2.05) is 30.3 Å². The molecule has 0 radical (unpaired) electrons. The topological polar surface area (TPSA) is 79.3 Å². The Labute approximate surface area is 133 Å². The number of carbonyl (C=O) groups excluding carboxylic acids is 1. The largest absolute Gasteiger partial charge is 0.481 e. The Balaban J connectivity index is 1.77. The zero-order chi connectivity index (χ0) is 15.8. The van der Waals surface area contributed by atoms with Gasteiger partial charge in [-0.1, -0.05) is 36.8 Å². The predicted octanol–water partition coefficient (Wildman–Crippen LogP) is 3.18. The summed E-state index contributed by atoms with van der Waals surface area (Å²) < 4.78 is 0. The summed E-state index contributed by atoms with van der Waals surface area (Å²) in [5.74, 6) is -0.903. The molecular formula is C16H18N2O3S. The summed E-state index contributed by atoms with van der Waals surface area (Å²) >= 11 is 1.37. The quantitative estimate of drug-likeness (QED) is 0.733. The molecule has 1 aromatic carbocycles. The molecule has 2 aromatic rings. The van der Waals surface area contributed by atoms with E-state index >= 15 is 0 Å². The molecule has 0 aliphatic carbocycles. The van der Waals surface area contributed by atoms with Crippen molar-refractivity contribution in [1.82, 2.24) is 10.3 Å². The van der Waals surface area contributed by atoms with E-state index in [4.69, 9.17) is 5.11 Å². The van der Waals surface area contributed by atoms with Crippen molar-refractivity contribution < 1.29 is 14.7 Å². The second-order valence-corrected chi connectivity index (χ2v) is 5.89. The maximum atomic E-state index is 12.0. The molecule has 5 nitrogen and oxygen atoms in total. The number of carboxylic acid groups (broad SMARTS) is 1. The monoisotopic (exact) mass is 318 g/mol. The van der Waals surface area contributed by atoms with Crippen LogP contribution in [0.3, 0.4) is 0 Å². The van der Waals surface area contributed by atoms with E-state index in [-0.39, 0.29) is 12.3 Å². The van der Waals surface area contributed by atoms with Crippen molar-refractivity contribution in [2.45, 2.75) is 25.7 Å². The summed E-state index contributed by atoms with van der Waals surface area (Å²) in [6.45, 7) is 0.553. The van der Waals surface area contributed by atoms with Crippen molar-refractivity contribution in [2.24, 2.45) is 0 Å². The molecule has 1 aromatic heterocycles. The number of benzene rings is 1. The number of aromatic nitrogens is 1. The molecule has 116 valence electrons. The Kier molecular flexibility index (Phi) is 6.09. The van der Waals surface area contributed by atoms with Crippen LogP contribution in [0.2, 0.25) is 0 Å². The molecule has 0 unspecified atom stereocenters. The Bertz CT molecular complexity index is 625. The highest BCUT2D eigenvalue weighted by molar-refractivity contribution is 7.16. The van der Waals surface area contributed by atoms with Gasteiger partial charge in [-0.25, -0.2) is 4.98 Å². The summed E-state index contributed by atoms with van der Waals surface area (Å²) in [5.41, 5.74) is 1.00. The van der Waals surface area contributed by atoms with Crippen molar-refractivity contribution >= 4 is 23.2 Å². The van der Waals surface area contributed by atoms with Crippen LogP contribution in [0.1, 0.15) is 35.4 Å². The van der Waals surface area contributed by atoms with Gasteiger partial charge in [0.25, 0.3) is 5.91 Å². The van der Waals surface area contributed by atoms with E-state index < -0.39 is 5.97 Å². The minimum atomic E-state index is -0.776. The van der Waals surface area contributed by atoms with E-state index in [0.29, 0.717) is 17.8 Å². The number of aliphatic carboxylic acids is 1. The number of unbranched alkanes of at least 4 members (excludes halogenated alkanes) is 2. The fourth-order valence-electron chi connectivity index (χ4n) is 1.96. The zero-order valence-corrected chi connectivity index (χ0v) is 12.9. The van der Waals surface area contributed by atoms with Crippen LogP contribution in [0.15, 0.2) is 36.5 Å². The molecule has 0 atom stereocenters. The minimum Gasteiger partial charge on any atom is -0.481 e. The van der Waals surface area contributed by atoms with Gasteiger partial charge in [-0.15, -0.1) is 11.3 Å². The van der Waals surface area contributed by atoms with E-state index in [1.54, 1.807) is 6.20 Å². The van der Waals surface area contributed by atoms with Crippen molar-refractivity contribution in [1.29, 1.82) is 0 Å². The number of carboxylic acids is 1. The maximum Gasteiger partial charge on any atom is 0.303 e. The molecule has 0 aliphatic heterocycles. The average molecular weight is 318 g/mol. The summed E-state index contributed by atoms with van der Waals surface area (Å²) in [5, 5.41) is 12.2. The lowest BCUT2D eigenvalue weighted by Gasteiger charge is -2.02. The highest BCUT2D eigenvalue weighted by atomic mass is 32.1. The number of amides is 1. The molecule has 0 saturated carbocycles. The molecule has 1 amide bonds. The molecule has 0 saturated heterocycles. The number of nitrogens with zero attached hydrogens (tertiary/aromatic N) is 1. The van der Waals surface area contributed by atoms with Gasteiger partial charge in [0, 0.05) is 18.5 Å². The van der Waals surface area contributed by atoms with Gasteiger partial charge in [-0.05, 0) is 12.8 Å². The first-order valence-electron chi connectivity index (χ1n) is 7.18. The predicted molar refractivity (Wildman–Crippen MR) is 86.0 cm³/mol. The SMILES string of the molecule is O=C(O)CCCCCNC(=O)c1cnc(-c2ccccc2)s1. The van der Waals surface area contributed by atoms with Gasteiger partial charge in [0.2, 0.25) is 0 Å². The van der Waals surface area contributed by atoms with E-state index in [1.165, 1.54) is 11.3 Å². The van der Waals surface area contributed by atoms with Gasteiger partial charge < -0.3 is 10.4 Å². The Hall–Kier alpha value is -2.21. The van der Waals surface area contributed by atoms with Crippen LogP contribution in [-0.2, 0) is 4.79 Å². The van der Waals surface area contributed by atoms with Crippen LogP contribution in [0.4, 0.5) is 0 Å². The number of hydrogen-bond acceptors (Lipinski definition) is 4. The summed E-state index contributed by atoms with van der Waals surface area (Å²) in [7, 11) is 0. The normalized spacial score (nSPS) is 10.4. The number of hydrogen-bond donors (Lipinski definition) is 2. The van der Waals surface area contributed by atoms with Crippen LogP contribution in [0.25, 0.3) is 10.6 Å². The highest BCUT2D eigenvalue weighted by Crippen LogP contribution is 2.24. The maximum absolute atomic E-state index is 12.0. The van der Waals surface area contributed by atoms with Gasteiger partial charge in [0.15, 0.2) is 0 Å². The Morgan fingerprint density at radius 3 is 2.64 bits per heavy atom. The number of rotatable bonds is 8. The third-order valence-corrected chi connectivity index (χ3v) is 4.15. The first-order chi connectivity index (χ1) is 10.7. The van der Waals surface area contributed by atoms with Crippen molar-refractivity contribution in [3.63, 3.8) is 0 Å². The molecule has 2 N–H and O–H groups in total. The van der Waals surface area contributed by atoms with Crippen LogP contribution in [0, 0.1) is 0 Å². The number of thiazole rings is 1. The summed E-state index contributed by atoms with van der Waals surface area (Å²) in [6.07, 6.45) is 3.99. The molecule has 2 rings (SSSR count). The lowest BCUT2D eigenvalue weighted by atomic mass is 10.2. The van der Waals surface area contributed by atoms with E-state index in [0.717, 1.165) is 23.4 Å². The molecule has 0 bridgehead atoms. The van der Waals surface area contributed by atoms with Gasteiger partial charge >= 0.3 is 5.97 Å². The number of carbonyl (C=O) groups is 2. The number of nitrogens with one attached hydrogen (secondary N) is 1. The Morgan fingerprint density at radius 1 is 1.14 bits per heavy atom. The van der Waals surface area contributed by atoms with Crippen molar-refractivity contribution in [3.8, 4) is 10.6 Å². The third-order valence-electron chi connectivity index (χ3n) is 3.10. The Morgan fingerprint density at radius 2 is 1.91 bits per heavy atom. The smallest absolute Gasteiger partial charge is 0.303 e. The fraction of sp³-hybridized carbons (Fsp3) is 0.312. The second-order valence-electron chi connectivity index (χ2n) is 4.86. The summed E-state index contributed by atoms with van der Waals surface area (Å²) in [4.78, 5) is 27.2. The molecular weight excluding hydrogens is 300 g/mol. The average Bonchev–Trinajstić information content (AvgIpc) is 3.01. The van der Waals surface area contributed by atoms with Crippen LogP contribution in [-0.4, -0.2) is 28.5 Å². The van der Waals surface area contributed by atoms with Crippen LogP contribution < -0.4 is 5.32 Å². The third kappa shape index (κ3) is 4.96. The molecule has 0 aliphatic rings. The zero-order valence-electron chi connectivity index (χ0n) is 12.1. The summed E-state index contributed by atoms with van der Waals surface area (Å²) in [6, 6.07) is 9.74. The minimum absolute atomic E-state index is 0.127. The van der Waals surface area contributed by atoms with Crippen LogP contribution >= 0.6 is 11.3 Å². The molecule has 6 heteroatoms. The van der Waals surface area contributed by atoms with Gasteiger partial charge in [-0.3, -0.25) is 9.59 Å². The highest BCUT2D eigenvalue weighted by Gasteiger charge is 2.10. The second kappa shape index (κ2) is 8.29. The van der Waals surface area contributed by atoms with E-state index in [2.05, 4.69) is 10.3 Å². The van der Waals surface area contributed by atoms with Gasteiger partial charge in [-0.2, -0.15) is 0 Å². The first-order valence-corrected chi connectivity index (χ1v) is 7.99. The van der Waals surface area contributed by atoms with Crippen molar-refractivity contribution in [2.75, 3.05) is 6.54 Å². The molecule has 0 spiro atoms. The lowest BCUT2D eigenvalue weighted by Crippen LogP contribution is -2.23. The van der Waals surface area contributed by atoms with Crippen LogP contribution in [0.5, 0.6) is 0 Å². The lowest BCUT2D eigenvalue weighted by molar-refractivity contribution is -0.137. The molecule has 1 heterocycles.